The maximum Gasteiger partial charge on any atom is 0.273 e. The van der Waals surface area contributed by atoms with Gasteiger partial charge in [-0.3, -0.25) is 24.9 Å². The first-order valence-electron chi connectivity index (χ1n) is 11.6. The van der Waals surface area contributed by atoms with Gasteiger partial charge in [0.25, 0.3) is 18.2 Å². The summed E-state index contributed by atoms with van der Waals surface area (Å²) in [7, 11) is 1.50. The number of methoxy groups -OCH3 is 1. The number of carbonyl (C=O) groups excluding carboxylic acids is 2. The number of aromatic nitrogens is 4. The standard InChI is InChI=1S/C26H21ClF2N6O3S/c1-12-4-18(31-7-16(12)23(28)29)25(37)35-10-19-21(11-35)39-26(33-19)34-24(36)17-8-30-13(2)5-14(17)15-6-22(27)32-9-20(15)38-3/h4-9,23H,10-11H2,1-3H3,(H,33,34,36). The van der Waals surface area contributed by atoms with Gasteiger partial charge in [-0.25, -0.2) is 18.7 Å². The van der Waals surface area contributed by atoms with E-state index in [0.717, 1.165) is 11.1 Å². The third kappa shape index (κ3) is 5.30. The number of thiazole rings is 1. The van der Waals surface area contributed by atoms with Gasteiger partial charge in [-0.05, 0) is 37.6 Å². The summed E-state index contributed by atoms with van der Waals surface area (Å²) in [6.07, 6.45) is 1.34. The molecule has 13 heteroatoms. The fraction of sp³-hybridized carbons (Fsp3) is 0.231. The van der Waals surface area contributed by atoms with Gasteiger partial charge in [0.05, 0.1) is 42.5 Å². The van der Waals surface area contributed by atoms with Crippen molar-refractivity contribution >= 4 is 39.9 Å². The zero-order valence-electron chi connectivity index (χ0n) is 21.0. The van der Waals surface area contributed by atoms with E-state index in [2.05, 4.69) is 25.3 Å². The second-order valence-corrected chi connectivity index (χ2v) is 10.3. The van der Waals surface area contributed by atoms with Crippen molar-refractivity contribution in [2.75, 3.05) is 12.4 Å². The molecule has 0 bridgehead atoms. The number of amides is 2. The number of pyridine rings is 3. The number of anilines is 1. The highest BCUT2D eigenvalue weighted by molar-refractivity contribution is 7.16. The molecule has 5 heterocycles. The first-order valence-corrected chi connectivity index (χ1v) is 12.8. The van der Waals surface area contributed by atoms with Crippen molar-refractivity contribution in [1.29, 1.82) is 0 Å². The Bertz CT molecular complexity index is 1590. The molecule has 0 aliphatic carbocycles. The van der Waals surface area contributed by atoms with Crippen LogP contribution in [0.25, 0.3) is 11.1 Å². The molecule has 5 rings (SSSR count). The summed E-state index contributed by atoms with van der Waals surface area (Å²) in [5, 5.41) is 3.44. The van der Waals surface area contributed by atoms with E-state index in [-0.39, 0.29) is 35.4 Å². The van der Waals surface area contributed by atoms with Gasteiger partial charge in [0.1, 0.15) is 16.6 Å². The van der Waals surface area contributed by atoms with E-state index < -0.39 is 12.3 Å². The van der Waals surface area contributed by atoms with Crippen LogP contribution in [0.5, 0.6) is 5.75 Å². The van der Waals surface area contributed by atoms with Gasteiger partial charge < -0.3 is 9.64 Å². The monoisotopic (exact) mass is 570 g/mol. The van der Waals surface area contributed by atoms with Crippen LogP contribution in [0.4, 0.5) is 13.9 Å². The third-order valence-corrected chi connectivity index (χ3v) is 7.40. The van der Waals surface area contributed by atoms with Crippen molar-refractivity contribution in [3.05, 3.63) is 80.6 Å². The Labute approximate surface area is 230 Å². The normalized spacial score (nSPS) is 12.5. The molecule has 1 N–H and O–H groups in total. The van der Waals surface area contributed by atoms with E-state index >= 15 is 0 Å². The molecular formula is C26H21ClF2N6O3S. The number of fused-ring (bicyclic) bond motifs is 1. The number of halogens is 3. The zero-order chi connectivity index (χ0) is 27.8. The Balaban J connectivity index is 1.33. The molecule has 0 atom stereocenters. The van der Waals surface area contributed by atoms with Crippen LogP contribution >= 0.6 is 22.9 Å². The second-order valence-electron chi connectivity index (χ2n) is 8.81. The van der Waals surface area contributed by atoms with Crippen molar-refractivity contribution in [2.24, 2.45) is 0 Å². The molecule has 2 amide bonds. The fourth-order valence-electron chi connectivity index (χ4n) is 4.23. The molecule has 4 aromatic rings. The predicted octanol–water partition coefficient (Wildman–Crippen LogP) is 5.62. The maximum absolute atomic E-state index is 13.3. The molecular weight excluding hydrogens is 550 g/mol. The van der Waals surface area contributed by atoms with Crippen LogP contribution in [-0.4, -0.2) is 43.8 Å². The van der Waals surface area contributed by atoms with Crippen LogP contribution in [0.2, 0.25) is 5.15 Å². The smallest absolute Gasteiger partial charge is 0.273 e. The Kier molecular flexibility index (Phi) is 7.23. The largest absolute Gasteiger partial charge is 0.494 e. The third-order valence-electron chi connectivity index (χ3n) is 6.20. The van der Waals surface area contributed by atoms with E-state index in [1.54, 1.807) is 12.1 Å². The van der Waals surface area contributed by atoms with Gasteiger partial charge in [-0.1, -0.05) is 22.9 Å². The molecule has 1 aliphatic rings. The van der Waals surface area contributed by atoms with Gasteiger partial charge in [0.2, 0.25) is 0 Å². The van der Waals surface area contributed by atoms with Crippen molar-refractivity contribution in [3.8, 4) is 16.9 Å². The summed E-state index contributed by atoms with van der Waals surface area (Å²) in [5.74, 6) is -0.354. The van der Waals surface area contributed by atoms with E-state index in [0.29, 0.717) is 44.5 Å². The lowest BCUT2D eigenvalue weighted by atomic mass is 10.0. The van der Waals surface area contributed by atoms with Gasteiger partial charge in [0.15, 0.2) is 5.13 Å². The Morgan fingerprint density at radius 3 is 2.56 bits per heavy atom. The van der Waals surface area contributed by atoms with E-state index in [1.807, 2.05) is 6.92 Å². The average Bonchev–Trinajstić information content (AvgIpc) is 3.46. The summed E-state index contributed by atoms with van der Waals surface area (Å²) in [4.78, 5) is 45.3. The SMILES string of the molecule is COc1cnc(Cl)cc1-c1cc(C)ncc1C(=O)Nc1nc2c(s1)CN(C(=O)c1cc(C)c(C(F)F)cn1)C2. The van der Waals surface area contributed by atoms with Crippen LogP contribution in [0.3, 0.4) is 0 Å². The van der Waals surface area contributed by atoms with Crippen LogP contribution < -0.4 is 10.1 Å². The molecule has 0 fully saturated rings. The first kappa shape index (κ1) is 26.6. The highest BCUT2D eigenvalue weighted by Gasteiger charge is 2.30. The zero-order valence-corrected chi connectivity index (χ0v) is 22.5. The molecule has 0 unspecified atom stereocenters. The van der Waals surface area contributed by atoms with Gasteiger partial charge in [-0.2, -0.15) is 0 Å². The van der Waals surface area contributed by atoms with Gasteiger partial charge >= 0.3 is 0 Å². The number of hydrogen-bond donors (Lipinski definition) is 1. The Hall–Kier alpha value is -4.03. The van der Waals surface area contributed by atoms with Crippen molar-refractivity contribution in [3.63, 3.8) is 0 Å². The number of aryl methyl sites for hydroxylation is 2. The average molecular weight is 571 g/mol. The number of hydrogen-bond acceptors (Lipinski definition) is 8. The molecule has 0 saturated carbocycles. The van der Waals surface area contributed by atoms with E-state index in [4.69, 9.17) is 16.3 Å². The Morgan fingerprint density at radius 2 is 1.87 bits per heavy atom. The summed E-state index contributed by atoms with van der Waals surface area (Å²) < 4.78 is 31.5. The summed E-state index contributed by atoms with van der Waals surface area (Å²) >= 11 is 7.37. The lowest BCUT2D eigenvalue weighted by molar-refractivity contribution is 0.0744. The van der Waals surface area contributed by atoms with E-state index in [9.17, 15) is 18.4 Å². The molecule has 200 valence electrons. The van der Waals surface area contributed by atoms with Crippen LogP contribution in [0.1, 0.15) is 54.7 Å². The number of rotatable bonds is 6. The first-order chi connectivity index (χ1) is 18.6. The maximum atomic E-state index is 13.3. The van der Waals surface area contributed by atoms with Crippen LogP contribution in [-0.2, 0) is 13.1 Å². The minimum atomic E-state index is -2.66. The lowest BCUT2D eigenvalue weighted by Crippen LogP contribution is -2.26. The van der Waals surface area contributed by atoms with E-state index in [1.165, 1.54) is 48.7 Å². The molecule has 0 saturated heterocycles. The summed E-state index contributed by atoms with van der Waals surface area (Å²) in [5.41, 5.74) is 2.99. The number of carbonyl (C=O) groups is 2. The molecule has 1 aliphatic heterocycles. The number of ether oxygens (including phenoxy) is 1. The molecule has 0 spiro atoms. The molecule has 39 heavy (non-hydrogen) atoms. The summed E-state index contributed by atoms with van der Waals surface area (Å²) in [6, 6.07) is 4.75. The Morgan fingerprint density at radius 1 is 1.08 bits per heavy atom. The van der Waals surface area contributed by atoms with Crippen LogP contribution in [0.15, 0.2) is 36.8 Å². The topological polar surface area (TPSA) is 110 Å². The highest BCUT2D eigenvalue weighted by atomic mass is 35.5. The minimum Gasteiger partial charge on any atom is -0.494 e. The minimum absolute atomic E-state index is 0.0895. The fourth-order valence-corrected chi connectivity index (χ4v) is 5.37. The van der Waals surface area contributed by atoms with Crippen molar-refractivity contribution in [1.82, 2.24) is 24.8 Å². The second kappa shape index (κ2) is 10.6. The molecule has 0 aromatic carbocycles. The summed E-state index contributed by atoms with van der Waals surface area (Å²) in [6.45, 7) is 3.81. The number of alkyl halides is 2. The molecule has 4 aromatic heterocycles. The van der Waals surface area contributed by atoms with Crippen LogP contribution in [0, 0.1) is 13.8 Å². The molecule has 9 nitrogen and oxygen atoms in total. The number of nitrogens with zero attached hydrogens (tertiary/aromatic N) is 5. The quantitative estimate of drug-likeness (QED) is 0.300. The highest BCUT2D eigenvalue weighted by Crippen LogP contribution is 2.36. The lowest BCUT2D eigenvalue weighted by Gasteiger charge is -2.16. The number of nitrogens with one attached hydrogen (secondary N) is 1. The van der Waals surface area contributed by atoms with Gasteiger partial charge in [0, 0.05) is 34.8 Å². The van der Waals surface area contributed by atoms with Crippen molar-refractivity contribution < 1.29 is 23.1 Å². The van der Waals surface area contributed by atoms with Gasteiger partial charge in [-0.15, -0.1) is 0 Å². The van der Waals surface area contributed by atoms with Crippen molar-refractivity contribution in [2.45, 2.75) is 33.4 Å². The molecule has 0 radical (unpaired) electrons. The predicted molar refractivity (Wildman–Crippen MR) is 141 cm³/mol.